The maximum atomic E-state index is 12.1. The van der Waals surface area contributed by atoms with Gasteiger partial charge in [-0.3, -0.25) is 9.59 Å². The van der Waals surface area contributed by atoms with Gasteiger partial charge in [0.25, 0.3) is 0 Å². The quantitative estimate of drug-likeness (QED) is 0.840. The first-order chi connectivity index (χ1) is 11.0. The zero-order valence-electron chi connectivity index (χ0n) is 12.3. The fraction of sp³-hybridized carbons (Fsp3) is 0.176. The van der Waals surface area contributed by atoms with Gasteiger partial charge in [0.2, 0.25) is 11.8 Å². The Balaban J connectivity index is 2.04. The predicted molar refractivity (Wildman–Crippen MR) is 91.4 cm³/mol. The molecule has 2 aromatic rings. The summed E-state index contributed by atoms with van der Waals surface area (Å²) < 4.78 is 0. The highest BCUT2D eigenvalue weighted by atomic mass is 35.5. The van der Waals surface area contributed by atoms with E-state index in [-0.39, 0.29) is 18.7 Å². The maximum absolute atomic E-state index is 12.1. The van der Waals surface area contributed by atoms with Gasteiger partial charge >= 0.3 is 0 Å². The number of hydrogen-bond acceptors (Lipinski definition) is 2. The molecule has 0 heterocycles. The zero-order chi connectivity index (χ0) is 16.8. The monoisotopic (exact) mass is 350 g/mol. The van der Waals surface area contributed by atoms with Crippen LogP contribution in [-0.4, -0.2) is 17.9 Å². The van der Waals surface area contributed by atoms with Crippen LogP contribution in [0.1, 0.15) is 11.1 Å². The number of amides is 2. The Morgan fingerprint density at radius 3 is 2.39 bits per heavy atom. The van der Waals surface area contributed by atoms with Crippen molar-refractivity contribution >= 4 is 35.0 Å². The fourth-order valence-corrected chi connectivity index (χ4v) is 2.64. The van der Waals surface area contributed by atoms with Gasteiger partial charge in [-0.05, 0) is 23.3 Å². The topological polar surface area (TPSA) is 72.2 Å². The molecule has 4 nitrogen and oxygen atoms in total. The molecule has 0 bridgehead atoms. The van der Waals surface area contributed by atoms with Crippen molar-refractivity contribution in [3.8, 4) is 0 Å². The van der Waals surface area contributed by atoms with Gasteiger partial charge in [0, 0.05) is 16.5 Å². The Morgan fingerprint density at radius 1 is 1.09 bits per heavy atom. The molecule has 0 spiro atoms. The van der Waals surface area contributed by atoms with Gasteiger partial charge in [-0.15, -0.1) is 0 Å². The van der Waals surface area contributed by atoms with Crippen molar-refractivity contribution < 1.29 is 9.59 Å². The van der Waals surface area contributed by atoms with Crippen LogP contribution in [0.25, 0.3) is 0 Å². The van der Waals surface area contributed by atoms with Gasteiger partial charge in [-0.2, -0.15) is 0 Å². The molecule has 0 saturated heterocycles. The average Bonchev–Trinajstić information content (AvgIpc) is 2.50. The number of halogens is 2. The minimum Gasteiger partial charge on any atom is -0.368 e. The highest BCUT2D eigenvalue weighted by molar-refractivity contribution is 6.35. The maximum Gasteiger partial charge on any atom is 0.240 e. The van der Waals surface area contributed by atoms with E-state index in [0.717, 1.165) is 5.56 Å². The smallest absolute Gasteiger partial charge is 0.240 e. The van der Waals surface area contributed by atoms with Crippen LogP contribution < -0.4 is 11.1 Å². The molecule has 0 radical (unpaired) electrons. The Labute approximate surface area is 144 Å². The van der Waals surface area contributed by atoms with Crippen LogP contribution in [0, 0.1) is 0 Å². The third kappa shape index (κ3) is 5.27. The third-order valence-electron chi connectivity index (χ3n) is 3.33. The van der Waals surface area contributed by atoms with Gasteiger partial charge in [-0.1, -0.05) is 59.6 Å². The summed E-state index contributed by atoms with van der Waals surface area (Å²) in [6.45, 7) is 0. The SMILES string of the molecule is NC(=O)[C@@H](Cc1ccc(Cl)cc1Cl)NC(=O)Cc1ccccc1. The Morgan fingerprint density at radius 2 is 1.78 bits per heavy atom. The van der Waals surface area contributed by atoms with Crippen molar-refractivity contribution in [3.63, 3.8) is 0 Å². The molecule has 0 unspecified atom stereocenters. The second-order valence-corrected chi connectivity index (χ2v) is 5.97. The van der Waals surface area contributed by atoms with Crippen molar-refractivity contribution in [1.82, 2.24) is 5.32 Å². The highest BCUT2D eigenvalue weighted by Gasteiger charge is 2.20. The molecule has 0 aliphatic carbocycles. The van der Waals surface area contributed by atoms with E-state index in [1.54, 1.807) is 18.2 Å². The summed E-state index contributed by atoms with van der Waals surface area (Å²) in [7, 11) is 0. The molecule has 0 fully saturated rings. The molecule has 3 N–H and O–H groups in total. The van der Waals surface area contributed by atoms with Gasteiger partial charge < -0.3 is 11.1 Å². The highest BCUT2D eigenvalue weighted by Crippen LogP contribution is 2.22. The number of primary amides is 1. The van der Waals surface area contributed by atoms with Crippen LogP contribution in [0.4, 0.5) is 0 Å². The molecule has 23 heavy (non-hydrogen) atoms. The standard InChI is InChI=1S/C17H16Cl2N2O2/c18-13-7-6-12(14(19)10-13)9-15(17(20)23)21-16(22)8-11-4-2-1-3-5-11/h1-7,10,15H,8-9H2,(H2,20,23)(H,21,22)/t15-/m1/s1. The molecule has 120 valence electrons. The lowest BCUT2D eigenvalue weighted by Crippen LogP contribution is -2.46. The molecule has 0 aliphatic rings. The summed E-state index contributed by atoms with van der Waals surface area (Å²) >= 11 is 11.9. The van der Waals surface area contributed by atoms with E-state index in [1.165, 1.54) is 0 Å². The molecule has 6 heteroatoms. The summed E-state index contributed by atoms with van der Waals surface area (Å²) in [6.07, 6.45) is 0.394. The van der Waals surface area contributed by atoms with Gasteiger partial charge in [0.05, 0.1) is 6.42 Å². The first-order valence-corrected chi connectivity index (χ1v) is 7.78. The molecule has 2 rings (SSSR count). The molecular formula is C17H16Cl2N2O2. The molecule has 1 atom stereocenters. The molecule has 2 aromatic carbocycles. The minimum atomic E-state index is -0.829. The van der Waals surface area contributed by atoms with Crippen LogP contribution in [0.15, 0.2) is 48.5 Å². The van der Waals surface area contributed by atoms with E-state index in [1.807, 2.05) is 30.3 Å². The number of carbonyl (C=O) groups is 2. The minimum absolute atomic E-state index is 0.180. The second-order valence-electron chi connectivity index (χ2n) is 5.12. The average molecular weight is 351 g/mol. The van der Waals surface area contributed by atoms with Crippen molar-refractivity contribution in [3.05, 3.63) is 69.7 Å². The Kier molecular flexibility index (Phi) is 6.02. The van der Waals surface area contributed by atoms with Crippen LogP contribution >= 0.6 is 23.2 Å². The van der Waals surface area contributed by atoms with Crippen LogP contribution in [-0.2, 0) is 22.4 Å². The normalized spacial score (nSPS) is 11.7. The number of benzene rings is 2. The molecule has 0 aliphatic heterocycles. The first kappa shape index (κ1) is 17.3. The Hall–Kier alpha value is -2.04. The van der Waals surface area contributed by atoms with E-state index >= 15 is 0 Å². The second kappa shape index (κ2) is 7.99. The molecule has 2 amide bonds. The van der Waals surface area contributed by atoms with E-state index in [4.69, 9.17) is 28.9 Å². The van der Waals surface area contributed by atoms with Gasteiger partial charge in [0.1, 0.15) is 6.04 Å². The fourth-order valence-electron chi connectivity index (χ4n) is 2.16. The first-order valence-electron chi connectivity index (χ1n) is 7.02. The zero-order valence-corrected chi connectivity index (χ0v) is 13.8. The third-order valence-corrected chi connectivity index (χ3v) is 3.91. The van der Waals surface area contributed by atoms with Crippen molar-refractivity contribution in [2.24, 2.45) is 5.73 Å². The van der Waals surface area contributed by atoms with Crippen LogP contribution in [0.3, 0.4) is 0 Å². The lowest BCUT2D eigenvalue weighted by atomic mass is 10.0. The van der Waals surface area contributed by atoms with Crippen molar-refractivity contribution in [1.29, 1.82) is 0 Å². The molecular weight excluding hydrogens is 335 g/mol. The van der Waals surface area contributed by atoms with Gasteiger partial charge in [-0.25, -0.2) is 0 Å². The number of carbonyl (C=O) groups excluding carboxylic acids is 2. The Bertz CT molecular complexity index is 705. The number of nitrogens with two attached hydrogens (primary N) is 1. The predicted octanol–water partition coefficient (Wildman–Crippen LogP) is 2.75. The van der Waals surface area contributed by atoms with Crippen LogP contribution in [0.5, 0.6) is 0 Å². The largest absolute Gasteiger partial charge is 0.368 e. The summed E-state index contributed by atoms with van der Waals surface area (Å²) in [5.74, 6) is -0.887. The van der Waals surface area contributed by atoms with Crippen molar-refractivity contribution in [2.45, 2.75) is 18.9 Å². The van der Waals surface area contributed by atoms with Gasteiger partial charge in [0.15, 0.2) is 0 Å². The lowest BCUT2D eigenvalue weighted by Gasteiger charge is -2.16. The van der Waals surface area contributed by atoms with E-state index < -0.39 is 11.9 Å². The van der Waals surface area contributed by atoms with E-state index in [2.05, 4.69) is 5.32 Å². The summed E-state index contributed by atoms with van der Waals surface area (Å²) in [5, 5.41) is 3.58. The molecule has 0 aromatic heterocycles. The van der Waals surface area contributed by atoms with Crippen LogP contribution in [0.2, 0.25) is 10.0 Å². The van der Waals surface area contributed by atoms with Crippen molar-refractivity contribution in [2.75, 3.05) is 0 Å². The van der Waals surface area contributed by atoms with E-state index in [0.29, 0.717) is 15.6 Å². The summed E-state index contributed by atoms with van der Waals surface area (Å²) in [5.41, 5.74) is 6.94. The molecule has 0 saturated carbocycles. The number of rotatable bonds is 6. The lowest BCUT2D eigenvalue weighted by molar-refractivity contribution is -0.127. The number of nitrogens with one attached hydrogen (secondary N) is 1. The summed E-state index contributed by atoms with van der Waals surface area (Å²) in [6, 6.07) is 13.4. The van der Waals surface area contributed by atoms with E-state index in [9.17, 15) is 9.59 Å². The number of hydrogen-bond donors (Lipinski definition) is 2. The summed E-state index contributed by atoms with van der Waals surface area (Å²) in [4.78, 5) is 23.7.